The molecule has 0 bridgehead atoms. The summed E-state index contributed by atoms with van der Waals surface area (Å²) >= 11 is 0. The minimum Gasteiger partial charge on any atom is -0.508 e. The van der Waals surface area contributed by atoms with Gasteiger partial charge in [-0.25, -0.2) is 18.2 Å². The van der Waals surface area contributed by atoms with Crippen LogP contribution in [0.5, 0.6) is 17.6 Å². The molecule has 12 heteroatoms. The number of hydrogen-bond acceptors (Lipinski definition) is 9. The maximum Gasteiger partial charge on any atom is 0.319 e. The quantitative estimate of drug-likeness (QED) is 0.198. The van der Waals surface area contributed by atoms with Crippen molar-refractivity contribution < 1.29 is 32.9 Å². The van der Waals surface area contributed by atoms with Gasteiger partial charge in [0, 0.05) is 30.5 Å². The number of aromatic hydroxyl groups is 1. The SMILES string of the molecule is C#Cc1c(F)ccc2cc(O)cc(-c3nc(OC(C)C)c4c(NCC(C)(C)O)nc(OCC56CCCN5CC(F)C6)nc4c3F)c12. The lowest BCUT2D eigenvalue weighted by atomic mass is 9.95. The molecule has 3 N–H and O–H groups in total. The van der Waals surface area contributed by atoms with Crippen molar-refractivity contribution in [1.82, 2.24) is 19.9 Å². The van der Waals surface area contributed by atoms with Crippen molar-refractivity contribution in [2.24, 2.45) is 0 Å². The molecule has 4 heterocycles. The first-order chi connectivity index (χ1) is 21.8. The normalized spacial score (nSPS) is 20.0. The number of anilines is 1. The third-order valence-electron chi connectivity index (χ3n) is 8.45. The fraction of sp³-hybridized carbons (Fsp3) is 0.441. The molecule has 4 aromatic rings. The molecule has 242 valence electrons. The summed E-state index contributed by atoms with van der Waals surface area (Å²) in [5, 5.41) is 24.8. The van der Waals surface area contributed by atoms with Crippen LogP contribution in [-0.4, -0.2) is 79.7 Å². The summed E-state index contributed by atoms with van der Waals surface area (Å²) < 4.78 is 58.4. The predicted octanol–water partition coefficient (Wildman–Crippen LogP) is 5.74. The van der Waals surface area contributed by atoms with Crippen LogP contribution >= 0.6 is 0 Å². The van der Waals surface area contributed by atoms with Gasteiger partial charge >= 0.3 is 6.01 Å². The second-order valence-electron chi connectivity index (χ2n) is 13.0. The number of pyridine rings is 1. The number of fused-ring (bicyclic) bond motifs is 3. The summed E-state index contributed by atoms with van der Waals surface area (Å²) in [6.07, 6.45) is 6.26. The fourth-order valence-corrected chi connectivity index (χ4v) is 6.50. The number of ether oxygens (including phenoxy) is 2. The molecule has 2 atom stereocenters. The molecule has 0 amide bonds. The number of aliphatic hydroxyl groups is 1. The zero-order chi connectivity index (χ0) is 33.0. The van der Waals surface area contributed by atoms with E-state index in [9.17, 15) is 19.0 Å². The van der Waals surface area contributed by atoms with Crippen molar-refractivity contribution in [3.63, 3.8) is 0 Å². The van der Waals surface area contributed by atoms with E-state index in [1.165, 1.54) is 24.3 Å². The number of nitrogens with zero attached hydrogens (tertiary/aromatic N) is 4. The first-order valence-corrected chi connectivity index (χ1v) is 15.3. The van der Waals surface area contributed by atoms with Gasteiger partial charge in [0.25, 0.3) is 0 Å². The Kier molecular flexibility index (Phi) is 8.11. The van der Waals surface area contributed by atoms with E-state index >= 15 is 4.39 Å². The highest BCUT2D eigenvalue weighted by atomic mass is 19.1. The number of hydrogen-bond donors (Lipinski definition) is 3. The largest absolute Gasteiger partial charge is 0.508 e. The molecule has 2 aliphatic heterocycles. The smallest absolute Gasteiger partial charge is 0.319 e. The molecule has 46 heavy (non-hydrogen) atoms. The van der Waals surface area contributed by atoms with Gasteiger partial charge in [-0.2, -0.15) is 9.97 Å². The maximum absolute atomic E-state index is 16.9. The van der Waals surface area contributed by atoms with Gasteiger partial charge in [-0.05, 0) is 70.7 Å². The molecule has 0 spiro atoms. The Morgan fingerprint density at radius 2 is 1.98 bits per heavy atom. The molecule has 0 radical (unpaired) electrons. The molecule has 2 aromatic heterocycles. The predicted molar refractivity (Wildman–Crippen MR) is 169 cm³/mol. The molecule has 2 aliphatic rings. The number of rotatable bonds is 9. The Hall–Kier alpha value is -4.34. The lowest BCUT2D eigenvalue weighted by Crippen LogP contribution is -2.43. The summed E-state index contributed by atoms with van der Waals surface area (Å²) in [6, 6.07) is 5.09. The average Bonchev–Trinajstić information content (AvgIpc) is 3.51. The second-order valence-corrected chi connectivity index (χ2v) is 13.0. The van der Waals surface area contributed by atoms with Crippen LogP contribution in [0.4, 0.5) is 19.0 Å². The number of terminal acetylenes is 1. The number of phenolic OH excluding ortho intramolecular Hbond substituents is 1. The van der Waals surface area contributed by atoms with Gasteiger partial charge in [0.2, 0.25) is 5.88 Å². The Bertz CT molecular complexity index is 1870. The lowest BCUT2D eigenvalue weighted by molar-refractivity contribution is 0.0943. The van der Waals surface area contributed by atoms with Gasteiger partial charge in [-0.15, -0.1) is 6.42 Å². The van der Waals surface area contributed by atoms with Crippen molar-refractivity contribution in [2.45, 2.75) is 70.4 Å². The summed E-state index contributed by atoms with van der Waals surface area (Å²) in [6.45, 7) is 7.94. The van der Waals surface area contributed by atoms with E-state index < -0.39 is 35.1 Å². The Morgan fingerprint density at radius 1 is 1.20 bits per heavy atom. The monoisotopic (exact) mass is 635 g/mol. The van der Waals surface area contributed by atoms with E-state index in [0.717, 1.165) is 19.4 Å². The van der Waals surface area contributed by atoms with Gasteiger partial charge in [0.1, 0.15) is 46.8 Å². The minimum atomic E-state index is -1.18. The van der Waals surface area contributed by atoms with E-state index in [1.807, 2.05) is 0 Å². The van der Waals surface area contributed by atoms with E-state index in [0.29, 0.717) is 18.4 Å². The molecule has 2 unspecified atom stereocenters. The lowest BCUT2D eigenvalue weighted by Gasteiger charge is -2.30. The number of benzene rings is 2. The molecule has 2 fully saturated rings. The topological polar surface area (TPSA) is 113 Å². The minimum absolute atomic E-state index is 0.0201. The summed E-state index contributed by atoms with van der Waals surface area (Å²) in [5.41, 5.74) is -2.30. The molecule has 2 aromatic carbocycles. The van der Waals surface area contributed by atoms with E-state index in [2.05, 4.69) is 31.1 Å². The highest BCUT2D eigenvalue weighted by molar-refractivity contribution is 6.04. The number of phenols is 1. The van der Waals surface area contributed by atoms with Crippen molar-refractivity contribution >= 4 is 27.5 Å². The summed E-state index contributed by atoms with van der Waals surface area (Å²) in [4.78, 5) is 15.6. The van der Waals surface area contributed by atoms with E-state index in [-0.39, 0.29) is 69.7 Å². The highest BCUT2D eigenvalue weighted by Gasteiger charge is 2.49. The maximum atomic E-state index is 16.9. The first kappa shape index (κ1) is 31.6. The van der Waals surface area contributed by atoms with Gasteiger partial charge < -0.3 is 25.0 Å². The van der Waals surface area contributed by atoms with Crippen LogP contribution in [0.3, 0.4) is 0 Å². The van der Waals surface area contributed by atoms with Crippen LogP contribution < -0.4 is 14.8 Å². The molecule has 2 saturated heterocycles. The fourth-order valence-electron chi connectivity index (χ4n) is 6.50. The Balaban J connectivity index is 1.58. The van der Waals surface area contributed by atoms with Gasteiger partial charge in [-0.1, -0.05) is 12.0 Å². The first-order valence-electron chi connectivity index (χ1n) is 15.3. The number of alkyl halides is 1. The molecular formula is C34H36F3N5O4. The zero-order valence-corrected chi connectivity index (χ0v) is 26.1. The Morgan fingerprint density at radius 3 is 2.70 bits per heavy atom. The number of aromatic nitrogens is 3. The van der Waals surface area contributed by atoms with Crippen LogP contribution in [0.15, 0.2) is 24.3 Å². The highest BCUT2D eigenvalue weighted by Crippen LogP contribution is 2.43. The standard InChI is InChI=1S/C34H36F3N5O4/c1-6-22-24(36)9-8-19-12-21(43)13-23(25(19)22)28-27(37)29-26(31(39-28)46-18(2)3)30(38-16-33(4,5)44)41-32(40-29)45-17-34-10-7-11-42(34)15-20(35)14-34/h1,8-9,12-13,18,20,43-44H,7,10-11,14-17H2,2-5H3,(H,38,40,41). The molecule has 6 rings (SSSR count). The van der Waals surface area contributed by atoms with Crippen LogP contribution in [0, 0.1) is 24.0 Å². The van der Waals surface area contributed by atoms with Crippen molar-refractivity contribution in [3.8, 4) is 41.2 Å². The van der Waals surface area contributed by atoms with Crippen molar-refractivity contribution in [2.75, 3.05) is 31.6 Å². The molecular weight excluding hydrogens is 599 g/mol. The van der Waals surface area contributed by atoms with Gasteiger partial charge in [0.15, 0.2) is 5.82 Å². The third-order valence-corrected chi connectivity index (χ3v) is 8.45. The average molecular weight is 636 g/mol. The third kappa shape index (κ3) is 5.85. The van der Waals surface area contributed by atoms with Crippen LogP contribution in [-0.2, 0) is 0 Å². The zero-order valence-electron chi connectivity index (χ0n) is 26.1. The van der Waals surface area contributed by atoms with Gasteiger partial charge in [-0.3, -0.25) is 4.90 Å². The van der Waals surface area contributed by atoms with Crippen molar-refractivity contribution in [1.29, 1.82) is 0 Å². The summed E-state index contributed by atoms with van der Waals surface area (Å²) in [7, 11) is 0. The van der Waals surface area contributed by atoms with E-state index in [4.69, 9.17) is 15.9 Å². The van der Waals surface area contributed by atoms with Crippen LogP contribution in [0.2, 0.25) is 0 Å². The van der Waals surface area contributed by atoms with Crippen LogP contribution in [0.1, 0.15) is 52.5 Å². The van der Waals surface area contributed by atoms with Gasteiger partial charge in [0.05, 0.1) is 22.8 Å². The number of halogens is 3. The van der Waals surface area contributed by atoms with Crippen molar-refractivity contribution in [3.05, 3.63) is 41.5 Å². The molecule has 0 saturated carbocycles. The summed E-state index contributed by atoms with van der Waals surface area (Å²) in [5.74, 6) is 0.561. The molecule has 9 nitrogen and oxygen atoms in total. The molecule has 0 aliphatic carbocycles. The van der Waals surface area contributed by atoms with Crippen LogP contribution in [0.25, 0.3) is 32.9 Å². The van der Waals surface area contributed by atoms with E-state index in [1.54, 1.807) is 27.7 Å². The number of nitrogens with one attached hydrogen (secondary N) is 1. The Labute approximate surface area is 264 Å². The second kappa shape index (κ2) is 11.8.